The highest BCUT2D eigenvalue weighted by Gasteiger charge is 2.18. The minimum absolute atomic E-state index is 0.225. The van der Waals surface area contributed by atoms with Crippen LogP contribution < -0.4 is 10.6 Å². The van der Waals surface area contributed by atoms with Crippen LogP contribution in [-0.2, 0) is 6.42 Å². The summed E-state index contributed by atoms with van der Waals surface area (Å²) in [6.07, 6.45) is 4.26. The molecular formula is C18H22N6O2. The highest BCUT2D eigenvalue weighted by Crippen LogP contribution is 2.19. The summed E-state index contributed by atoms with van der Waals surface area (Å²) in [5.74, 6) is 0.394. The average Bonchev–Trinajstić information content (AvgIpc) is 3.30. The standard InChI is InChI=1S/C18H22N6O2/c1-12-3-2-4-15-17(12)21-16(26-15)7-10-20-18(25)14-11-24(23-22-14)13-5-8-19-9-6-13/h2-4,11,13,19H,5-10H2,1H3,(H,20,25). The average molecular weight is 354 g/mol. The number of nitrogens with one attached hydrogen (secondary N) is 2. The van der Waals surface area contributed by atoms with E-state index < -0.39 is 0 Å². The van der Waals surface area contributed by atoms with Gasteiger partial charge >= 0.3 is 0 Å². The number of hydrogen-bond acceptors (Lipinski definition) is 6. The maximum absolute atomic E-state index is 12.3. The third kappa shape index (κ3) is 3.45. The van der Waals surface area contributed by atoms with Crippen LogP contribution in [0, 0.1) is 6.92 Å². The smallest absolute Gasteiger partial charge is 0.273 e. The second kappa shape index (κ2) is 7.25. The molecule has 3 heterocycles. The molecule has 0 bridgehead atoms. The fourth-order valence-electron chi connectivity index (χ4n) is 3.24. The third-order valence-electron chi connectivity index (χ3n) is 4.72. The molecule has 26 heavy (non-hydrogen) atoms. The molecule has 136 valence electrons. The lowest BCUT2D eigenvalue weighted by atomic mass is 10.1. The summed E-state index contributed by atoms with van der Waals surface area (Å²) >= 11 is 0. The van der Waals surface area contributed by atoms with Gasteiger partial charge in [-0.3, -0.25) is 4.79 Å². The van der Waals surface area contributed by atoms with Crippen LogP contribution in [0.3, 0.4) is 0 Å². The maximum Gasteiger partial charge on any atom is 0.273 e. The van der Waals surface area contributed by atoms with Crippen molar-refractivity contribution < 1.29 is 9.21 Å². The van der Waals surface area contributed by atoms with E-state index >= 15 is 0 Å². The zero-order valence-corrected chi connectivity index (χ0v) is 14.7. The van der Waals surface area contributed by atoms with E-state index in [0.29, 0.717) is 30.6 Å². The number of oxazole rings is 1. The van der Waals surface area contributed by atoms with Crippen molar-refractivity contribution in [3.05, 3.63) is 41.5 Å². The molecule has 8 nitrogen and oxygen atoms in total. The second-order valence-electron chi connectivity index (χ2n) is 6.60. The number of nitrogens with zero attached hydrogens (tertiary/aromatic N) is 4. The van der Waals surface area contributed by atoms with Crippen LogP contribution in [0.2, 0.25) is 0 Å². The molecule has 3 aromatic rings. The molecule has 2 aromatic heterocycles. The van der Waals surface area contributed by atoms with Crippen LogP contribution in [0.4, 0.5) is 0 Å². The lowest BCUT2D eigenvalue weighted by Crippen LogP contribution is -2.29. The summed E-state index contributed by atoms with van der Waals surface area (Å²) in [6, 6.07) is 6.16. The monoisotopic (exact) mass is 354 g/mol. The number of rotatable bonds is 5. The molecule has 2 N–H and O–H groups in total. The van der Waals surface area contributed by atoms with Gasteiger partial charge in [-0.1, -0.05) is 17.3 Å². The molecule has 0 radical (unpaired) electrons. The first-order chi connectivity index (χ1) is 12.7. The number of aryl methyl sites for hydroxylation is 1. The van der Waals surface area contributed by atoms with Crippen molar-refractivity contribution in [1.82, 2.24) is 30.6 Å². The van der Waals surface area contributed by atoms with Crippen LogP contribution in [0.25, 0.3) is 11.1 Å². The van der Waals surface area contributed by atoms with E-state index in [-0.39, 0.29) is 5.91 Å². The SMILES string of the molecule is Cc1cccc2oc(CCNC(=O)c3cn(C4CCNCC4)nn3)nc12. The Bertz CT molecular complexity index is 909. The van der Waals surface area contributed by atoms with Crippen LogP contribution in [0.5, 0.6) is 0 Å². The lowest BCUT2D eigenvalue weighted by Gasteiger charge is -2.22. The third-order valence-corrected chi connectivity index (χ3v) is 4.72. The van der Waals surface area contributed by atoms with E-state index in [1.807, 2.05) is 25.1 Å². The van der Waals surface area contributed by atoms with E-state index in [1.165, 1.54) is 0 Å². The van der Waals surface area contributed by atoms with Crippen molar-refractivity contribution in [2.45, 2.75) is 32.2 Å². The van der Waals surface area contributed by atoms with Crippen LogP contribution in [-0.4, -0.2) is 45.5 Å². The van der Waals surface area contributed by atoms with Gasteiger partial charge in [0.25, 0.3) is 5.91 Å². The summed E-state index contributed by atoms with van der Waals surface area (Å²) < 4.78 is 7.52. The first kappa shape index (κ1) is 16.7. The summed E-state index contributed by atoms with van der Waals surface area (Å²) in [6.45, 7) is 4.37. The Labute approximate surface area is 151 Å². The molecular weight excluding hydrogens is 332 g/mol. The molecule has 1 saturated heterocycles. The minimum atomic E-state index is -0.225. The van der Waals surface area contributed by atoms with Gasteiger partial charge < -0.3 is 15.1 Å². The van der Waals surface area contributed by atoms with E-state index in [1.54, 1.807) is 10.9 Å². The molecule has 0 atom stereocenters. The number of fused-ring (bicyclic) bond motifs is 1. The van der Waals surface area contributed by atoms with Crippen LogP contribution in [0.1, 0.15) is 40.8 Å². The van der Waals surface area contributed by atoms with Gasteiger partial charge in [0.05, 0.1) is 12.2 Å². The van der Waals surface area contributed by atoms with Crippen molar-refractivity contribution in [1.29, 1.82) is 0 Å². The molecule has 1 aromatic carbocycles. The van der Waals surface area contributed by atoms with Crippen LogP contribution >= 0.6 is 0 Å². The second-order valence-corrected chi connectivity index (χ2v) is 6.60. The number of piperidine rings is 1. The van der Waals surface area contributed by atoms with Crippen LogP contribution in [0.15, 0.2) is 28.8 Å². The van der Waals surface area contributed by atoms with Gasteiger partial charge in [-0.25, -0.2) is 9.67 Å². The van der Waals surface area contributed by atoms with Crippen molar-refractivity contribution in [2.24, 2.45) is 0 Å². The van der Waals surface area contributed by atoms with Gasteiger partial charge in [-0.05, 0) is 44.5 Å². The Balaban J connectivity index is 1.33. The first-order valence-corrected chi connectivity index (χ1v) is 8.96. The molecule has 0 spiro atoms. The molecule has 0 saturated carbocycles. The highest BCUT2D eigenvalue weighted by molar-refractivity contribution is 5.91. The van der Waals surface area contributed by atoms with Crippen molar-refractivity contribution >= 4 is 17.0 Å². The van der Waals surface area contributed by atoms with Crippen molar-refractivity contribution in [2.75, 3.05) is 19.6 Å². The largest absolute Gasteiger partial charge is 0.441 e. The van der Waals surface area contributed by atoms with E-state index in [4.69, 9.17) is 4.42 Å². The topological polar surface area (TPSA) is 97.9 Å². The number of aromatic nitrogens is 4. The predicted molar refractivity (Wildman–Crippen MR) is 95.9 cm³/mol. The predicted octanol–water partition coefficient (Wildman–Crippen LogP) is 1.62. The minimum Gasteiger partial charge on any atom is -0.441 e. The van der Waals surface area contributed by atoms with Gasteiger partial charge in [-0.2, -0.15) is 0 Å². The Kier molecular flexibility index (Phi) is 4.66. The fourth-order valence-corrected chi connectivity index (χ4v) is 3.24. The Hall–Kier alpha value is -2.74. The van der Waals surface area contributed by atoms with Gasteiger partial charge in [0.2, 0.25) is 0 Å². The van der Waals surface area contributed by atoms with E-state index in [0.717, 1.165) is 42.6 Å². The molecule has 0 unspecified atom stereocenters. The fraction of sp³-hybridized carbons (Fsp3) is 0.444. The zero-order valence-electron chi connectivity index (χ0n) is 14.7. The zero-order chi connectivity index (χ0) is 17.9. The van der Waals surface area contributed by atoms with E-state index in [2.05, 4.69) is 25.9 Å². The molecule has 1 fully saturated rings. The summed E-state index contributed by atoms with van der Waals surface area (Å²) in [5.41, 5.74) is 3.07. The van der Waals surface area contributed by atoms with Gasteiger partial charge in [0.1, 0.15) is 5.52 Å². The van der Waals surface area contributed by atoms with Gasteiger partial charge in [0.15, 0.2) is 17.2 Å². The Morgan fingerprint density at radius 1 is 1.38 bits per heavy atom. The molecule has 4 rings (SSSR count). The van der Waals surface area contributed by atoms with Gasteiger partial charge in [0, 0.05) is 13.0 Å². The summed E-state index contributed by atoms with van der Waals surface area (Å²) in [4.78, 5) is 16.8. The number of hydrogen-bond donors (Lipinski definition) is 2. The lowest BCUT2D eigenvalue weighted by molar-refractivity contribution is 0.0948. The van der Waals surface area contributed by atoms with Gasteiger partial charge in [-0.15, -0.1) is 5.10 Å². The Morgan fingerprint density at radius 2 is 2.23 bits per heavy atom. The molecule has 1 aliphatic rings. The van der Waals surface area contributed by atoms with Crippen molar-refractivity contribution in [3.8, 4) is 0 Å². The summed E-state index contributed by atoms with van der Waals surface area (Å²) in [5, 5.41) is 14.3. The number of amides is 1. The number of carbonyl (C=O) groups excluding carboxylic acids is 1. The highest BCUT2D eigenvalue weighted by atomic mass is 16.3. The quantitative estimate of drug-likeness (QED) is 0.723. The number of para-hydroxylation sites is 1. The Morgan fingerprint density at radius 3 is 3.04 bits per heavy atom. The first-order valence-electron chi connectivity index (χ1n) is 8.96. The molecule has 1 aliphatic heterocycles. The normalized spacial score (nSPS) is 15.4. The van der Waals surface area contributed by atoms with Crippen molar-refractivity contribution in [3.63, 3.8) is 0 Å². The number of benzene rings is 1. The van der Waals surface area contributed by atoms with E-state index in [9.17, 15) is 4.79 Å². The molecule has 8 heteroatoms. The maximum atomic E-state index is 12.3. The summed E-state index contributed by atoms with van der Waals surface area (Å²) in [7, 11) is 0. The molecule has 1 amide bonds. The molecule has 0 aliphatic carbocycles. The number of carbonyl (C=O) groups is 1.